The Balaban J connectivity index is 2.78. The van der Waals surface area contributed by atoms with E-state index >= 15 is 0 Å². The van der Waals surface area contributed by atoms with E-state index in [1.165, 1.54) is 6.08 Å². The Bertz CT molecular complexity index is 199. The molecule has 0 unspecified atom stereocenters. The minimum Gasteiger partial charge on any atom is -0.388 e. The van der Waals surface area contributed by atoms with E-state index in [2.05, 4.69) is 5.32 Å². The second kappa shape index (κ2) is 3.20. The van der Waals surface area contributed by atoms with Gasteiger partial charge in [-0.15, -0.1) is 0 Å². The highest BCUT2D eigenvalue weighted by Crippen LogP contribution is 2.10. The lowest BCUT2D eigenvalue weighted by molar-refractivity contribution is 0.616. The van der Waals surface area contributed by atoms with Gasteiger partial charge in [0.1, 0.15) is 5.83 Å². The van der Waals surface area contributed by atoms with Crippen molar-refractivity contribution in [2.45, 2.75) is 6.42 Å². The molecule has 0 aliphatic heterocycles. The van der Waals surface area contributed by atoms with Gasteiger partial charge in [0.2, 0.25) is 0 Å². The number of halogens is 1. The first-order valence-electron chi connectivity index (χ1n) is 3.23. The summed E-state index contributed by atoms with van der Waals surface area (Å²) in [6, 6.07) is 0. The van der Waals surface area contributed by atoms with Gasteiger partial charge in [0.15, 0.2) is 0 Å². The molecule has 1 nitrogen and oxygen atoms in total. The maximum atomic E-state index is 12.6. The molecule has 0 amide bonds. The molecule has 0 radical (unpaired) electrons. The molecule has 0 bridgehead atoms. The normalized spacial score (nSPS) is 17.4. The molecule has 1 aliphatic rings. The van der Waals surface area contributed by atoms with Crippen molar-refractivity contribution < 1.29 is 4.39 Å². The molecule has 1 rings (SSSR count). The van der Waals surface area contributed by atoms with E-state index in [1.54, 1.807) is 13.1 Å². The van der Waals surface area contributed by atoms with Crippen LogP contribution in [0.3, 0.4) is 0 Å². The van der Waals surface area contributed by atoms with Gasteiger partial charge >= 0.3 is 0 Å². The van der Waals surface area contributed by atoms with Crippen molar-refractivity contribution >= 4 is 0 Å². The second-order valence-electron chi connectivity index (χ2n) is 2.10. The van der Waals surface area contributed by atoms with E-state index < -0.39 is 0 Å². The predicted molar refractivity (Wildman–Crippen MR) is 40.1 cm³/mol. The van der Waals surface area contributed by atoms with E-state index in [0.29, 0.717) is 6.42 Å². The number of rotatable bonds is 1. The van der Waals surface area contributed by atoms with Crippen LogP contribution in [0.2, 0.25) is 0 Å². The fraction of sp³-hybridized carbons (Fsp3) is 0.250. The van der Waals surface area contributed by atoms with E-state index in [1.807, 2.05) is 12.2 Å². The summed E-state index contributed by atoms with van der Waals surface area (Å²) in [6.07, 6.45) is 7.37. The summed E-state index contributed by atoms with van der Waals surface area (Å²) in [6.45, 7) is 0. The average molecular weight is 139 g/mol. The van der Waals surface area contributed by atoms with E-state index in [-0.39, 0.29) is 5.83 Å². The quantitative estimate of drug-likeness (QED) is 0.585. The van der Waals surface area contributed by atoms with Crippen molar-refractivity contribution in [3.05, 3.63) is 35.8 Å². The third-order valence-electron chi connectivity index (χ3n) is 1.33. The van der Waals surface area contributed by atoms with Gasteiger partial charge in [0.05, 0.1) is 0 Å². The predicted octanol–water partition coefficient (Wildman–Crippen LogP) is 1.90. The minimum absolute atomic E-state index is 0.102. The van der Waals surface area contributed by atoms with Crippen LogP contribution in [0, 0.1) is 0 Å². The molecule has 0 saturated carbocycles. The zero-order chi connectivity index (χ0) is 7.40. The fourth-order valence-corrected chi connectivity index (χ4v) is 0.784. The van der Waals surface area contributed by atoms with Gasteiger partial charge in [0, 0.05) is 19.2 Å². The Morgan fingerprint density at radius 2 is 2.40 bits per heavy atom. The van der Waals surface area contributed by atoms with Gasteiger partial charge in [-0.1, -0.05) is 12.2 Å². The number of likely N-dealkylation sites (N-methyl/N-ethyl adjacent to an activating group) is 1. The van der Waals surface area contributed by atoms with E-state index in [4.69, 9.17) is 0 Å². The summed E-state index contributed by atoms with van der Waals surface area (Å²) < 4.78 is 12.6. The zero-order valence-corrected chi connectivity index (χ0v) is 5.89. The molecule has 1 N–H and O–H groups in total. The summed E-state index contributed by atoms with van der Waals surface area (Å²) in [7, 11) is 1.77. The van der Waals surface area contributed by atoms with Crippen molar-refractivity contribution in [1.82, 2.24) is 5.32 Å². The van der Waals surface area contributed by atoms with Crippen molar-refractivity contribution in [2.75, 3.05) is 7.05 Å². The zero-order valence-electron chi connectivity index (χ0n) is 5.89. The Morgan fingerprint density at radius 3 is 3.10 bits per heavy atom. The highest BCUT2D eigenvalue weighted by Gasteiger charge is 1.96. The van der Waals surface area contributed by atoms with Crippen LogP contribution in [-0.2, 0) is 0 Å². The molecule has 10 heavy (non-hydrogen) atoms. The van der Waals surface area contributed by atoms with Gasteiger partial charge in [-0.25, -0.2) is 4.39 Å². The standard InChI is InChI=1S/C8H10FN/c1-10-8-5-3-2-4-7(9)6-8/h2-3,5-6,10H,4H2,1H3. The Kier molecular flexibility index (Phi) is 2.26. The fourth-order valence-electron chi connectivity index (χ4n) is 0.784. The first-order chi connectivity index (χ1) is 4.83. The molecule has 0 spiro atoms. The van der Waals surface area contributed by atoms with Crippen molar-refractivity contribution in [2.24, 2.45) is 0 Å². The summed E-state index contributed by atoms with van der Waals surface area (Å²) in [5.74, 6) is -0.102. The van der Waals surface area contributed by atoms with Gasteiger partial charge in [-0.05, 0) is 12.2 Å². The molecule has 0 aromatic carbocycles. The maximum absolute atomic E-state index is 12.6. The van der Waals surface area contributed by atoms with Crippen LogP contribution in [0.4, 0.5) is 4.39 Å². The van der Waals surface area contributed by atoms with Gasteiger partial charge < -0.3 is 5.32 Å². The maximum Gasteiger partial charge on any atom is 0.106 e. The van der Waals surface area contributed by atoms with Crippen molar-refractivity contribution in [3.8, 4) is 0 Å². The minimum atomic E-state index is -0.102. The van der Waals surface area contributed by atoms with Crippen LogP contribution >= 0.6 is 0 Å². The first-order valence-corrected chi connectivity index (χ1v) is 3.23. The Morgan fingerprint density at radius 1 is 1.60 bits per heavy atom. The summed E-state index contributed by atoms with van der Waals surface area (Å²) >= 11 is 0. The monoisotopic (exact) mass is 139 g/mol. The highest BCUT2D eigenvalue weighted by atomic mass is 19.1. The highest BCUT2D eigenvalue weighted by molar-refractivity contribution is 5.27. The molecule has 0 aromatic rings. The lowest BCUT2D eigenvalue weighted by Gasteiger charge is -1.96. The molecule has 54 valence electrons. The van der Waals surface area contributed by atoms with Crippen molar-refractivity contribution in [3.63, 3.8) is 0 Å². The molecular formula is C8H10FN. The lowest BCUT2D eigenvalue weighted by Crippen LogP contribution is -2.02. The Labute approximate surface area is 59.9 Å². The van der Waals surface area contributed by atoms with Crippen LogP contribution in [0.5, 0.6) is 0 Å². The topological polar surface area (TPSA) is 12.0 Å². The molecule has 1 aliphatic carbocycles. The Hall–Kier alpha value is -1.05. The number of hydrogen-bond donors (Lipinski definition) is 1. The second-order valence-corrected chi connectivity index (χ2v) is 2.10. The van der Waals surface area contributed by atoms with Gasteiger partial charge in [-0.3, -0.25) is 0 Å². The number of hydrogen-bond acceptors (Lipinski definition) is 1. The third-order valence-corrected chi connectivity index (χ3v) is 1.33. The number of nitrogens with one attached hydrogen (secondary N) is 1. The van der Waals surface area contributed by atoms with Gasteiger partial charge in [0.25, 0.3) is 0 Å². The largest absolute Gasteiger partial charge is 0.388 e. The van der Waals surface area contributed by atoms with Gasteiger partial charge in [-0.2, -0.15) is 0 Å². The van der Waals surface area contributed by atoms with Crippen molar-refractivity contribution in [1.29, 1.82) is 0 Å². The SMILES string of the molecule is CNC1=CC=CCC(F)=C1. The molecular weight excluding hydrogens is 129 g/mol. The van der Waals surface area contributed by atoms with Crippen LogP contribution < -0.4 is 5.32 Å². The van der Waals surface area contributed by atoms with Crippen LogP contribution in [0.15, 0.2) is 35.8 Å². The smallest absolute Gasteiger partial charge is 0.106 e. The molecule has 0 fully saturated rings. The van der Waals surface area contributed by atoms with Crippen LogP contribution in [-0.4, -0.2) is 7.05 Å². The molecule has 2 heteroatoms. The first kappa shape index (κ1) is 7.06. The third kappa shape index (κ3) is 1.72. The molecule has 0 aromatic heterocycles. The summed E-state index contributed by atoms with van der Waals surface area (Å²) in [5.41, 5.74) is 0.811. The molecule has 0 saturated heterocycles. The lowest BCUT2D eigenvalue weighted by atomic mass is 10.3. The van der Waals surface area contributed by atoms with E-state index in [9.17, 15) is 4.39 Å². The van der Waals surface area contributed by atoms with Crippen LogP contribution in [0.25, 0.3) is 0 Å². The van der Waals surface area contributed by atoms with Crippen LogP contribution in [0.1, 0.15) is 6.42 Å². The average Bonchev–Trinajstić information content (AvgIpc) is 2.13. The summed E-state index contributed by atoms with van der Waals surface area (Å²) in [4.78, 5) is 0. The number of allylic oxidation sites excluding steroid dienone is 5. The van der Waals surface area contributed by atoms with E-state index in [0.717, 1.165) is 5.70 Å². The molecule has 0 atom stereocenters. The molecule has 0 heterocycles. The summed E-state index contributed by atoms with van der Waals surface area (Å²) in [5, 5.41) is 2.87.